The van der Waals surface area contributed by atoms with Gasteiger partial charge in [0.1, 0.15) is 6.33 Å². The summed E-state index contributed by atoms with van der Waals surface area (Å²) in [5.41, 5.74) is 1.74. The van der Waals surface area contributed by atoms with Crippen LogP contribution in [-0.2, 0) is 6.54 Å². The van der Waals surface area contributed by atoms with Gasteiger partial charge in [-0.15, -0.1) is 15.3 Å². The average Bonchev–Trinajstić information content (AvgIpc) is 3.37. The van der Waals surface area contributed by atoms with Crippen molar-refractivity contribution in [3.8, 4) is 11.4 Å². The molecule has 2 aromatic carbocycles. The molecule has 0 radical (unpaired) electrons. The van der Waals surface area contributed by atoms with Crippen molar-refractivity contribution >= 4 is 17.5 Å². The van der Waals surface area contributed by atoms with E-state index in [2.05, 4.69) is 25.8 Å². The zero-order chi connectivity index (χ0) is 18.6. The van der Waals surface area contributed by atoms with Crippen molar-refractivity contribution in [1.82, 2.24) is 35.1 Å². The topological polar surface area (TPSA) is 90.5 Å². The van der Waals surface area contributed by atoms with Gasteiger partial charge in [0.15, 0.2) is 11.5 Å². The molecule has 0 saturated carbocycles. The summed E-state index contributed by atoms with van der Waals surface area (Å²) in [4.78, 5) is 12.4. The number of carbonyl (C=O) groups excluding carboxylic acids is 1. The average molecular weight is 380 g/mol. The van der Waals surface area contributed by atoms with Gasteiger partial charge < -0.3 is 5.32 Å². The number of rotatable bonds is 5. The van der Waals surface area contributed by atoms with E-state index in [9.17, 15) is 4.79 Å². The minimum absolute atomic E-state index is 0.181. The molecule has 0 aliphatic carbocycles. The lowest BCUT2D eigenvalue weighted by Gasteiger charge is -2.06. The van der Waals surface area contributed by atoms with Crippen LogP contribution in [0, 0.1) is 0 Å². The van der Waals surface area contributed by atoms with Crippen LogP contribution in [0.1, 0.15) is 16.3 Å². The fraction of sp³-hybridized carbons (Fsp3) is 0.0556. The maximum Gasteiger partial charge on any atom is 0.273 e. The van der Waals surface area contributed by atoms with Crippen molar-refractivity contribution < 1.29 is 4.79 Å². The molecule has 0 spiro atoms. The minimum Gasteiger partial charge on any atom is -0.343 e. The van der Waals surface area contributed by atoms with Crippen LogP contribution < -0.4 is 5.32 Å². The number of carbonyl (C=O) groups is 1. The Balaban J connectivity index is 1.47. The molecule has 4 aromatic rings. The Kier molecular flexibility index (Phi) is 4.63. The van der Waals surface area contributed by atoms with E-state index in [-0.39, 0.29) is 18.1 Å². The monoisotopic (exact) mass is 379 g/mol. The van der Waals surface area contributed by atoms with Gasteiger partial charge in [-0.05, 0) is 24.3 Å². The minimum atomic E-state index is -0.365. The number of hydrogen-bond donors (Lipinski definition) is 1. The fourth-order valence-corrected chi connectivity index (χ4v) is 2.78. The third-order valence-electron chi connectivity index (χ3n) is 3.89. The smallest absolute Gasteiger partial charge is 0.273 e. The molecule has 27 heavy (non-hydrogen) atoms. The molecular formula is C18H14ClN7O. The maximum absolute atomic E-state index is 12.4. The molecule has 0 saturated heterocycles. The lowest BCUT2D eigenvalue weighted by atomic mass is 10.3. The number of benzene rings is 2. The Morgan fingerprint density at radius 2 is 1.81 bits per heavy atom. The normalized spacial score (nSPS) is 10.7. The number of nitrogens with zero attached hydrogens (tertiary/aromatic N) is 6. The Labute approximate surface area is 159 Å². The molecule has 0 fully saturated rings. The van der Waals surface area contributed by atoms with E-state index < -0.39 is 0 Å². The summed E-state index contributed by atoms with van der Waals surface area (Å²) in [6.45, 7) is 0.201. The third-order valence-corrected chi connectivity index (χ3v) is 4.20. The van der Waals surface area contributed by atoms with Crippen LogP contribution in [0.2, 0.25) is 5.02 Å². The number of amides is 1. The molecular weight excluding hydrogens is 366 g/mol. The predicted octanol–water partition coefficient (Wildman–Crippen LogP) is 2.43. The molecule has 2 heterocycles. The van der Waals surface area contributed by atoms with E-state index in [0.29, 0.717) is 16.5 Å². The van der Waals surface area contributed by atoms with E-state index in [4.69, 9.17) is 11.6 Å². The lowest BCUT2D eigenvalue weighted by Crippen LogP contribution is -2.25. The first kappa shape index (κ1) is 16.9. The molecule has 9 heteroatoms. The number of halogens is 1. The van der Waals surface area contributed by atoms with E-state index in [1.807, 2.05) is 42.5 Å². The summed E-state index contributed by atoms with van der Waals surface area (Å²) in [6.07, 6.45) is 3.13. The molecule has 0 atom stereocenters. The molecule has 0 aliphatic rings. The summed E-state index contributed by atoms with van der Waals surface area (Å²) in [6, 6.07) is 16.8. The standard InChI is InChI=1S/C18H14ClN7O/c19-14-8-4-5-9-16(14)26-11-15(22-24-26)18(27)20-10-17-23-21-12-25(17)13-6-2-1-3-7-13/h1-9,11-12H,10H2,(H,20,27). The van der Waals surface area contributed by atoms with Crippen LogP contribution in [0.4, 0.5) is 0 Å². The molecule has 134 valence electrons. The molecule has 1 amide bonds. The third kappa shape index (κ3) is 3.56. The van der Waals surface area contributed by atoms with Gasteiger partial charge in [0, 0.05) is 5.69 Å². The molecule has 8 nitrogen and oxygen atoms in total. The maximum atomic E-state index is 12.4. The first-order valence-corrected chi connectivity index (χ1v) is 8.50. The van der Waals surface area contributed by atoms with Crippen molar-refractivity contribution in [3.05, 3.63) is 83.7 Å². The van der Waals surface area contributed by atoms with E-state index >= 15 is 0 Å². The number of para-hydroxylation sites is 2. The van der Waals surface area contributed by atoms with Gasteiger partial charge in [-0.2, -0.15) is 0 Å². The van der Waals surface area contributed by atoms with E-state index in [0.717, 1.165) is 5.69 Å². The highest BCUT2D eigenvalue weighted by Crippen LogP contribution is 2.18. The zero-order valence-electron chi connectivity index (χ0n) is 14.0. The summed E-state index contributed by atoms with van der Waals surface area (Å²) in [5.74, 6) is 0.240. The second kappa shape index (κ2) is 7.38. The first-order valence-electron chi connectivity index (χ1n) is 8.12. The van der Waals surface area contributed by atoms with Gasteiger partial charge in [-0.3, -0.25) is 9.36 Å². The molecule has 4 rings (SSSR count). The molecule has 1 N–H and O–H groups in total. The van der Waals surface area contributed by atoms with Gasteiger partial charge >= 0.3 is 0 Å². The largest absolute Gasteiger partial charge is 0.343 e. The number of nitrogens with one attached hydrogen (secondary N) is 1. The fourth-order valence-electron chi connectivity index (χ4n) is 2.56. The highest BCUT2D eigenvalue weighted by molar-refractivity contribution is 6.32. The summed E-state index contributed by atoms with van der Waals surface area (Å²) >= 11 is 6.14. The Bertz CT molecular complexity index is 1070. The van der Waals surface area contributed by atoms with Crippen molar-refractivity contribution in [2.45, 2.75) is 6.54 Å². The summed E-state index contributed by atoms with van der Waals surface area (Å²) in [7, 11) is 0. The van der Waals surface area contributed by atoms with Gasteiger partial charge in [-0.1, -0.05) is 47.1 Å². The Morgan fingerprint density at radius 1 is 1.04 bits per heavy atom. The van der Waals surface area contributed by atoms with Crippen LogP contribution >= 0.6 is 11.6 Å². The van der Waals surface area contributed by atoms with Gasteiger partial charge in [0.2, 0.25) is 0 Å². The van der Waals surface area contributed by atoms with Crippen molar-refractivity contribution in [3.63, 3.8) is 0 Å². The van der Waals surface area contributed by atoms with E-state index in [1.165, 1.54) is 10.9 Å². The molecule has 0 aliphatic heterocycles. The highest BCUT2D eigenvalue weighted by atomic mass is 35.5. The highest BCUT2D eigenvalue weighted by Gasteiger charge is 2.14. The van der Waals surface area contributed by atoms with Crippen LogP contribution in [-0.4, -0.2) is 35.7 Å². The first-order chi connectivity index (χ1) is 13.2. The predicted molar refractivity (Wildman–Crippen MR) is 98.9 cm³/mol. The van der Waals surface area contributed by atoms with Crippen LogP contribution in [0.25, 0.3) is 11.4 Å². The van der Waals surface area contributed by atoms with Crippen molar-refractivity contribution in [2.75, 3.05) is 0 Å². The summed E-state index contributed by atoms with van der Waals surface area (Å²) < 4.78 is 3.27. The van der Waals surface area contributed by atoms with Crippen molar-refractivity contribution in [1.29, 1.82) is 0 Å². The van der Waals surface area contributed by atoms with Crippen LogP contribution in [0.3, 0.4) is 0 Å². The lowest BCUT2D eigenvalue weighted by molar-refractivity contribution is 0.0944. The second-order valence-corrected chi connectivity index (χ2v) is 6.04. The Hall–Kier alpha value is -3.52. The molecule has 2 aromatic heterocycles. The van der Waals surface area contributed by atoms with Gasteiger partial charge in [0.25, 0.3) is 5.91 Å². The molecule has 0 bridgehead atoms. The SMILES string of the molecule is O=C(NCc1nncn1-c1ccccc1)c1cn(-c2ccccc2Cl)nn1. The molecule has 0 unspecified atom stereocenters. The van der Waals surface area contributed by atoms with Crippen LogP contribution in [0.15, 0.2) is 67.1 Å². The zero-order valence-corrected chi connectivity index (χ0v) is 14.8. The summed E-state index contributed by atoms with van der Waals surface area (Å²) in [5, 5.41) is 19.2. The van der Waals surface area contributed by atoms with Crippen LogP contribution in [0.5, 0.6) is 0 Å². The Morgan fingerprint density at radius 3 is 2.63 bits per heavy atom. The quantitative estimate of drug-likeness (QED) is 0.575. The second-order valence-electron chi connectivity index (χ2n) is 5.64. The van der Waals surface area contributed by atoms with Crippen molar-refractivity contribution in [2.24, 2.45) is 0 Å². The van der Waals surface area contributed by atoms with Gasteiger partial charge in [0.05, 0.1) is 23.5 Å². The van der Waals surface area contributed by atoms with E-state index in [1.54, 1.807) is 23.0 Å². The number of hydrogen-bond acceptors (Lipinski definition) is 5. The van der Waals surface area contributed by atoms with Gasteiger partial charge in [-0.25, -0.2) is 4.68 Å². The number of aromatic nitrogens is 6.